The number of ether oxygens (including phenoxy) is 2. The van der Waals surface area contributed by atoms with Crippen LogP contribution in [0.3, 0.4) is 0 Å². The third-order valence-corrected chi connectivity index (χ3v) is 3.31. The van der Waals surface area contributed by atoms with E-state index in [1.807, 2.05) is 43.3 Å². The lowest BCUT2D eigenvalue weighted by Gasteiger charge is -2.18. The molecular formula is C17H20N2O3. The highest BCUT2D eigenvalue weighted by atomic mass is 16.5. The Balaban J connectivity index is 2.05. The maximum absolute atomic E-state index is 12.1. The molecule has 116 valence electrons. The third-order valence-electron chi connectivity index (χ3n) is 3.31. The van der Waals surface area contributed by atoms with Gasteiger partial charge in [-0.05, 0) is 25.1 Å². The van der Waals surface area contributed by atoms with E-state index in [9.17, 15) is 4.79 Å². The molecule has 2 aromatic rings. The molecule has 0 spiro atoms. The summed E-state index contributed by atoms with van der Waals surface area (Å²) in [5, 5.41) is 5.67. The number of carbonyl (C=O) groups is 1. The summed E-state index contributed by atoms with van der Waals surface area (Å²) in [6.07, 6.45) is 0. The van der Waals surface area contributed by atoms with Gasteiger partial charge in [-0.15, -0.1) is 0 Å². The Morgan fingerprint density at radius 3 is 2.23 bits per heavy atom. The summed E-state index contributed by atoms with van der Waals surface area (Å²) in [7, 11) is 3.18. The molecule has 1 atom stereocenters. The van der Waals surface area contributed by atoms with Crippen LogP contribution in [-0.4, -0.2) is 20.3 Å². The van der Waals surface area contributed by atoms with Crippen molar-refractivity contribution in [2.24, 2.45) is 0 Å². The van der Waals surface area contributed by atoms with Crippen molar-refractivity contribution >= 4 is 11.7 Å². The number of rotatable bonds is 5. The monoisotopic (exact) mass is 300 g/mol. The summed E-state index contributed by atoms with van der Waals surface area (Å²) in [5.74, 6) is 1.36. The van der Waals surface area contributed by atoms with Crippen molar-refractivity contribution in [2.75, 3.05) is 19.5 Å². The Kier molecular flexibility index (Phi) is 5.25. The van der Waals surface area contributed by atoms with E-state index in [0.717, 1.165) is 11.3 Å². The van der Waals surface area contributed by atoms with Crippen molar-refractivity contribution in [2.45, 2.75) is 13.0 Å². The highest BCUT2D eigenvalue weighted by molar-refractivity contribution is 5.91. The van der Waals surface area contributed by atoms with E-state index in [0.29, 0.717) is 11.4 Å². The van der Waals surface area contributed by atoms with Gasteiger partial charge in [0.2, 0.25) is 0 Å². The van der Waals surface area contributed by atoms with Crippen LogP contribution in [0.25, 0.3) is 0 Å². The molecule has 0 aliphatic heterocycles. The molecule has 2 N–H and O–H groups in total. The van der Waals surface area contributed by atoms with Crippen LogP contribution in [0.1, 0.15) is 18.5 Å². The van der Waals surface area contributed by atoms with Crippen molar-refractivity contribution in [3.63, 3.8) is 0 Å². The van der Waals surface area contributed by atoms with Crippen LogP contribution in [0.5, 0.6) is 11.5 Å². The number of amides is 2. The van der Waals surface area contributed by atoms with Crippen LogP contribution in [0.2, 0.25) is 0 Å². The largest absolute Gasteiger partial charge is 0.496 e. The second-order valence-electron chi connectivity index (χ2n) is 4.76. The maximum Gasteiger partial charge on any atom is 0.319 e. The van der Waals surface area contributed by atoms with Crippen LogP contribution < -0.4 is 20.1 Å². The average Bonchev–Trinajstić information content (AvgIpc) is 2.55. The quantitative estimate of drug-likeness (QED) is 0.887. The molecule has 0 fully saturated rings. The number of methoxy groups -OCH3 is 2. The number of urea groups is 1. The van der Waals surface area contributed by atoms with E-state index in [1.165, 1.54) is 0 Å². The number of para-hydroxylation sites is 3. The molecule has 0 radical (unpaired) electrons. The number of hydrogen-bond acceptors (Lipinski definition) is 3. The number of carbonyl (C=O) groups excluding carboxylic acids is 1. The summed E-state index contributed by atoms with van der Waals surface area (Å²) >= 11 is 0. The van der Waals surface area contributed by atoms with Crippen LogP contribution in [-0.2, 0) is 0 Å². The van der Waals surface area contributed by atoms with Gasteiger partial charge in [-0.2, -0.15) is 0 Å². The summed E-state index contributed by atoms with van der Waals surface area (Å²) in [5.41, 5.74) is 1.54. The summed E-state index contributed by atoms with van der Waals surface area (Å²) in [4.78, 5) is 12.1. The molecule has 2 rings (SSSR count). The number of anilines is 1. The second-order valence-corrected chi connectivity index (χ2v) is 4.76. The summed E-state index contributed by atoms with van der Waals surface area (Å²) in [6, 6.07) is 14.4. The summed E-state index contributed by atoms with van der Waals surface area (Å²) < 4.78 is 10.5. The lowest BCUT2D eigenvalue weighted by Crippen LogP contribution is -2.31. The molecule has 22 heavy (non-hydrogen) atoms. The lowest BCUT2D eigenvalue weighted by molar-refractivity contribution is 0.249. The van der Waals surface area contributed by atoms with Gasteiger partial charge in [0.15, 0.2) is 0 Å². The fraction of sp³-hybridized carbons (Fsp3) is 0.235. The molecule has 0 aliphatic rings. The minimum Gasteiger partial charge on any atom is -0.496 e. The number of benzene rings is 2. The average molecular weight is 300 g/mol. The Labute approximate surface area is 130 Å². The molecule has 0 aliphatic carbocycles. The predicted octanol–water partition coefficient (Wildman–Crippen LogP) is 3.59. The fourth-order valence-electron chi connectivity index (χ4n) is 2.20. The SMILES string of the molecule is COc1ccccc1NC(=O)N[C@@H](C)c1ccccc1OC. The predicted molar refractivity (Wildman–Crippen MR) is 86.6 cm³/mol. The van der Waals surface area contributed by atoms with Crippen LogP contribution in [0, 0.1) is 0 Å². The molecule has 0 unspecified atom stereocenters. The highest BCUT2D eigenvalue weighted by Crippen LogP contribution is 2.25. The van der Waals surface area contributed by atoms with E-state index in [4.69, 9.17) is 9.47 Å². The number of hydrogen-bond donors (Lipinski definition) is 2. The van der Waals surface area contributed by atoms with Crippen LogP contribution >= 0.6 is 0 Å². The third kappa shape index (κ3) is 3.69. The van der Waals surface area contributed by atoms with Gasteiger partial charge in [0.05, 0.1) is 25.9 Å². The second kappa shape index (κ2) is 7.36. The van der Waals surface area contributed by atoms with Crippen molar-refractivity contribution in [1.82, 2.24) is 5.32 Å². The molecule has 0 saturated carbocycles. The van der Waals surface area contributed by atoms with Crippen molar-refractivity contribution in [3.05, 3.63) is 54.1 Å². The first-order valence-corrected chi connectivity index (χ1v) is 6.99. The smallest absolute Gasteiger partial charge is 0.319 e. The number of nitrogens with one attached hydrogen (secondary N) is 2. The van der Waals surface area contributed by atoms with E-state index in [-0.39, 0.29) is 12.1 Å². The van der Waals surface area contributed by atoms with Crippen LogP contribution in [0.15, 0.2) is 48.5 Å². The summed E-state index contributed by atoms with van der Waals surface area (Å²) in [6.45, 7) is 1.90. The molecule has 0 saturated heterocycles. The molecule has 5 heteroatoms. The van der Waals surface area contributed by atoms with Gasteiger partial charge < -0.3 is 20.1 Å². The van der Waals surface area contributed by atoms with Gasteiger partial charge in [-0.25, -0.2) is 4.79 Å². The zero-order valence-electron chi connectivity index (χ0n) is 12.9. The van der Waals surface area contributed by atoms with E-state index < -0.39 is 0 Å². The van der Waals surface area contributed by atoms with Crippen molar-refractivity contribution in [3.8, 4) is 11.5 Å². The van der Waals surface area contributed by atoms with Gasteiger partial charge in [0.1, 0.15) is 11.5 Å². The first-order chi connectivity index (χ1) is 10.7. The molecule has 0 bridgehead atoms. The Morgan fingerprint density at radius 2 is 1.55 bits per heavy atom. The Hall–Kier alpha value is -2.69. The Morgan fingerprint density at radius 1 is 0.955 bits per heavy atom. The van der Waals surface area contributed by atoms with Gasteiger partial charge in [0.25, 0.3) is 0 Å². The van der Waals surface area contributed by atoms with E-state index >= 15 is 0 Å². The molecule has 0 aromatic heterocycles. The minimum absolute atomic E-state index is 0.189. The zero-order chi connectivity index (χ0) is 15.9. The van der Waals surface area contributed by atoms with Gasteiger partial charge in [-0.1, -0.05) is 30.3 Å². The normalized spacial score (nSPS) is 11.4. The van der Waals surface area contributed by atoms with Gasteiger partial charge in [-0.3, -0.25) is 0 Å². The van der Waals surface area contributed by atoms with E-state index in [1.54, 1.807) is 26.4 Å². The lowest BCUT2D eigenvalue weighted by atomic mass is 10.1. The Bertz CT molecular complexity index is 643. The standard InChI is InChI=1S/C17H20N2O3/c1-12(13-8-4-6-10-15(13)21-2)18-17(20)19-14-9-5-7-11-16(14)22-3/h4-12H,1-3H3,(H2,18,19,20)/t12-/m0/s1. The topological polar surface area (TPSA) is 59.6 Å². The van der Waals surface area contributed by atoms with Gasteiger partial charge in [0, 0.05) is 5.56 Å². The molecule has 2 amide bonds. The first kappa shape index (κ1) is 15.7. The van der Waals surface area contributed by atoms with Gasteiger partial charge >= 0.3 is 6.03 Å². The molecular weight excluding hydrogens is 280 g/mol. The van der Waals surface area contributed by atoms with Crippen molar-refractivity contribution in [1.29, 1.82) is 0 Å². The highest BCUT2D eigenvalue weighted by Gasteiger charge is 2.14. The minimum atomic E-state index is -0.303. The van der Waals surface area contributed by atoms with Crippen LogP contribution in [0.4, 0.5) is 10.5 Å². The first-order valence-electron chi connectivity index (χ1n) is 6.99. The maximum atomic E-state index is 12.1. The fourth-order valence-corrected chi connectivity index (χ4v) is 2.20. The molecule has 2 aromatic carbocycles. The molecule has 0 heterocycles. The molecule has 5 nitrogen and oxygen atoms in total. The van der Waals surface area contributed by atoms with Crippen molar-refractivity contribution < 1.29 is 14.3 Å². The zero-order valence-corrected chi connectivity index (χ0v) is 12.9. The van der Waals surface area contributed by atoms with E-state index in [2.05, 4.69) is 10.6 Å².